The summed E-state index contributed by atoms with van der Waals surface area (Å²) >= 11 is 0.894. The van der Waals surface area contributed by atoms with E-state index in [2.05, 4.69) is 15.3 Å². The van der Waals surface area contributed by atoms with Gasteiger partial charge in [-0.2, -0.15) is 13.2 Å². The molecule has 1 aromatic carbocycles. The summed E-state index contributed by atoms with van der Waals surface area (Å²) in [6, 6.07) is 10.5. The Hall–Kier alpha value is -2.09. The van der Waals surface area contributed by atoms with Crippen molar-refractivity contribution in [2.24, 2.45) is 0 Å². The Morgan fingerprint density at radius 3 is 2.62 bits per heavy atom. The SMILES string of the molecule is CC(Sc1nccc(C(F)(F)F)n1)C(=O)NCCc1ccccc1. The molecule has 1 aromatic heterocycles. The van der Waals surface area contributed by atoms with Crippen LogP contribution in [0.5, 0.6) is 0 Å². The number of amides is 1. The standard InChI is InChI=1S/C16H16F3N3OS/c1-11(14(23)20-9-7-12-5-3-2-4-6-12)24-15-21-10-8-13(22-15)16(17,18)19/h2-6,8,10-11H,7,9H2,1H3,(H,20,23). The molecule has 0 radical (unpaired) electrons. The second-order valence-electron chi connectivity index (χ2n) is 5.01. The molecule has 2 rings (SSSR count). The molecule has 1 atom stereocenters. The zero-order chi connectivity index (χ0) is 17.6. The molecule has 0 aliphatic heterocycles. The number of halogens is 3. The van der Waals surface area contributed by atoms with Gasteiger partial charge in [0.2, 0.25) is 5.91 Å². The predicted molar refractivity (Wildman–Crippen MR) is 85.5 cm³/mol. The molecule has 1 heterocycles. The quantitative estimate of drug-likeness (QED) is 0.638. The maximum absolute atomic E-state index is 12.6. The fourth-order valence-electron chi connectivity index (χ4n) is 1.89. The summed E-state index contributed by atoms with van der Waals surface area (Å²) in [4.78, 5) is 19.2. The largest absolute Gasteiger partial charge is 0.433 e. The van der Waals surface area contributed by atoms with E-state index in [-0.39, 0.29) is 11.1 Å². The maximum Gasteiger partial charge on any atom is 0.433 e. The highest BCUT2D eigenvalue weighted by atomic mass is 32.2. The van der Waals surface area contributed by atoms with Gasteiger partial charge in [0.25, 0.3) is 0 Å². The summed E-state index contributed by atoms with van der Waals surface area (Å²) in [5, 5.41) is 2.09. The van der Waals surface area contributed by atoms with Crippen LogP contribution in [0.4, 0.5) is 13.2 Å². The number of alkyl halides is 3. The lowest BCUT2D eigenvalue weighted by atomic mass is 10.1. The van der Waals surface area contributed by atoms with E-state index in [1.165, 1.54) is 0 Å². The van der Waals surface area contributed by atoms with Crippen LogP contribution in [-0.4, -0.2) is 27.7 Å². The first-order valence-corrected chi connectivity index (χ1v) is 8.13. The summed E-state index contributed by atoms with van der Waals surface area (Å²) in [7, 11) is 0. The third kappa shape index (κ3) is 5.52. The summed E-state index contributed by atoms with van der Waals surface area (Å²) in [6.07, 6.45) is -2.80. The number of hydrogen-bond acceptors (Lipinski definition) is 4. The number of thioether (sulfide) groups is 1. The van der Waals surface area contributed by atoms with Gasteiger partial charge in [0.1, 0.15) is 5.69 Å². The molecule has 1 amide bonds. The topological polar surface area (TPSA) is 54.9 Å². The molecule has 1 N–H and O–H groups in total. The van der Waals surface area contributed by atoms with E-state index < -0.39 is 17.1 Å². The molecule has 4 nitrogen and oxygen atoms in total. The van der Waals surface area contributed by atoms with Crippen LogP contribution < -0.4 is 5.32 Å². The Morgan fingerprint density at radius 1 is 1.25 bits per heavy atom. The van der Waals surface area contributed by atoms with Gasteiger partial charge in [0, 0.05) is 12.7 Å². The van der Waals surface area contributed by atoms with Crippen molar-refractivity contribution >= 4 is 17.7 Å². The van der Waals surface area contributed by atoms with Crippen LogP contribution in [0.15, 0.2) is 47.8 Å². The van der Waals surface area contributed by atoms with Crippen LogP contribution in [0.3, 0.4) is 0 Å². The number of hydrogen-bond donors (Lipinski definition) is 1. The van der Waals surface area contributed by atoms with Gasteiger partial charge in [-0.1, -0.05) is 42.1 Å². The average molecular weight is 355 g/mol. The molecule has 8 heteroatoms. The number of nitrogens with one attached hydrogen (secondary N) is 1. The number of aromatic nitrogens is 2. The van der Waals surface area contributed by atoms with E-state index in [0.717, 1.165) is 29.6 Å². The third-order valence-corrected chi connectivity index (χ3v) is 4.11. The fourth-order valence-corrected chi connectivity index (χ4v) is 2.66. The fraction of sp³-hybridized carbons (Fsp3) is 0.312. The molecule has 0 aliphatic carbocycles. The Labute approximate surface area is 141 Å². The average Bonchev–Trinajstić information content (AvgIpc) is 2.55. The van der Waals surface area contributed by atoms with Crippen LogP contribution in [0.2, 0.25) is 0 Å². The van der Waals surface area contributed by atoms with E-state index in [1.54, 1.807) is 6.92 Å². The van der Waals surface area contributed by atoms with Gasteiger partial charge in [-0.25, -0.2) is 9.97 Å². The molecular formula is C16H16F3N3OS. The van der Waals surface area contributed by atoms with Crippen LogP contribution in [0.25, 0.3) is 0 Å². The van der Waals surface area contributed by atoms with E-state index in [0.29, 0.717) is 13.0 Å². The second kappa shape index (κ2) is 8.14. The Morgan fingerprint density at radius 2 is 1.96 bits per heavy atom. The highest BCUT2D eigenvalue weighted by molar-refractivity contribution is 8.00. The minimum absolute atomic E-state index is 0.0736. The monoisotopic (exact) mass is 355 g/mol. The van der Waals surface area contributed by atoms with E-state index in [4.69, 9.17) is 0 Å². The lowest BCUT2D eigenvalue weighted by molar-refractivity contribution is -0.141. The minimum atomic E-state index is -4.53. The van der Waals surface area contributed by atoms with Gasteiger partial charge in [-0.05, 0) is 25.0 Å². The van der Waals surface area contributed by atoms with Crippen LogP contribution >= 0.6 is 11.8 Å². The molecule has 2 aromatic rings. The lowest BCUT2D eigenvalue weighted by Gasteiger charge is -2.12. The molecule has 0 aliphatic rings. The van der Waals surface area contributed by atoms with E-state index in [1.807, 2.05) is 30.3 Å². The first kappa shape index (κ1) is 18.3. The van der Waals surface area contributed by atoms with Crippen LogP contribution in [0, 0.1) is 0 Å². The molecule has 0 saturated heterocycles. The first-order chi connectivity index (χ1) is 11.4. The molecule has 24 heavy (non-hydrogen) atoms. The number of benzene rings is 1. The van der Waals surface area contributed by atoms with Gasteiger partial charge >= 0.3 is 6.18 Å². The van der Waals surface area contributed by atoms with Crippen molar-refractivity contribution in [2.45, 2.75) is 29.9 Å². The number of carbonyl (C=O) groups is 1. The number of rotatable bonds is 6. The normalized spacial score (nSPS) is 12.7. The van der Waals surface area contributed by atoms with E-state index >= 15 is 0 Å². The van der Waals surface area contributed by atoms with Gasteiger partial charge in [0.05, 0.1) is 5.25 Å². The Bertz CT molecular complexity index is 680. The summed E-state index contributed by atoms with van der Waals surface area (Å²) in [6.45, 7) is 2.06. The zero-order valence-corrected chi connectivity index (χ0v) is 13.7. The Kier molecular flexibility index (Phi) is 6.19. The molecule has 0 spiro atoms. The summed E-state index contributed by atoms with van der Waals surface area (Å²) < 4.78 is 37.8. The molecular weight excluding hydrogens is 339 g/mol. The molecule has 128 valence electrons. The smallest absolute Gasteiger partial charge is 0.355 e. The molecule has 0 fully saturated rings. The first-order valence-electron chi connectivity index (χ1n) is 7.25. The van der Waals surface area contributed by atoms with Crippen molar-refractivity contribution in [1.82, 2.24) is 15.3 Å². The van der Waals surface area contributed by atoms with Crippen LogP contribution in [0.1, 0.15) is 18.2 Å². The third-order valence-electron chi connectivity index (χ3n) is 3.13. The number of carbonyl (C=O) groups excluding carboxylic acids is 1. The lowest BCUT2D eigenvalue weighted by Crippen LogP contribution is -2.32. The predicted octanol–water partition coefficient (Wildman–Crippen LogP) is 3.33. The minimum Gasteiger partial charge on any atom is -0.355 e. The molecule has 0 saturated carbocycles. The summed E-state index contributed by atoms with van der Waals surface area (Å²) in [5.41, 5.74) is 0.0796. The molecule has 1 unspecified atom stereocenters. The highest BCUT2D eigenvalue weighted by Gasteiger charge is 2.33. The number of nitrogens with zero attached hydrogens (tertiary/aromatic N) is 2. The van der Waals surface area contributed by atoms with Gasteiger partial charge in [0.15, 0.2) is 5.16 Å². The van der Waals surface area contributed by atoms with Crippen molar-refractivity contribution in [3.63, 3.8) is 0 Å². The van der Waals surface area contributed by atoms with Crippen molar-refractivity contribution in [1.29, 1.82) is 0 Å². The second-order valence-corrected chi connectivity index (χ2v) is 6.32. The van der Waals surface area contributed by atoms with Crippen molar-refractivity contribution in [3.05, 3.63) is 53.9 Å². The zero-order valence-electron chi connectivity index (χ0n) is 12.9. The van der Waals surface area contributed by atoms with Crippen LogP contribution in [-0.2, 0) is 17.4 Å². The van der Waals surface area contributed by atoms with Gasteiger partial charge < -0.3 is 5.32 Å². The summed E-state index contributed by atoms with van der Waals surface area (Å²) in [5.74, 6) is -0.267. The maximum atomic E-state index is 12.6. The van der Waals surface area contributed by atoms with E-state index in [9.17, 15) is 18.0 Å². The van der Waals surface area contributed by atoms with Gasteiger partial charge in [-0.15, -0.1) is 0 Å². The Balaban J connectivity index is 1.85. The molecule has 0 bridgehead atoms. The highest BCUT2D eigenvalue weighted by Crippen LogP contribution is 2.29. The van der Waals surface area contributed by atoms with Crippen molar-refractivity contribution < 1.29 is 18.0 Å². The van der Waals surface area contributed by atoms with Crippen molar-refractivity contribution in [2.75, 3.05) is 6.54 Å². The van der Waals surface area contributed by atoms with Gasteiger partial charge in [-0.3, -0.25) is 4.79 Å². The van der Waals surface area contributed by atoms with Crippen molar-refractivity contribution in [3.8, 4) is 0 Å².